The van der Waals surface area contributed by atoms with Gasteiger partial charge >= 0.3 is 0 Å². The number of benzene rings is 2. The van der Waals surface area contributed by atoms with Gasteiger partial charge in [0.2, 0.25) is 0 Å². The molecule has 3 heteroatoms. The summed E-state index contributed by atoms with van der Waals surface area (Å²) < 4.78 is 11.4. The van der Waals surface area contributed by atoms with Crippen LogP contribution in [0.2, 0.25) is 0 Å². The number of hydrogen-bond acceptors (Lipinski definition) is 2. The molecule has 3 rings (SSSR count). The van der Waals surface area contributed by atoms with Crippen molar-refractivity contribution in [2.24, 2.45) is 0 Å². The Morgan fingerprint density at radius 3 is 2.78 bits per heavy atom. The number of fused-ring (bicyclic) bond motifs is 1. The molecule has 2 radical (unpaired) electrons. The third kappa shape index (κ3) is 2.08. The Bertz CT molecular complexity index is 552. The van der Waals surface area contributed by atoms with Gasteiger partial charge in [0.05, 0.1) is 6.61 Å². The van der Waals surface area contributed by atoms with Crippen molar-refractivity contribution in [3.63, 3.8) is 0 Å². The van der Waals surface area contributed by atoms with Crippen LogP contribution in [-0.2, 0) is 13.0 Å². The van der Waals surface area contributed by atoms with Gasteiger partial charge in [-0.2, -0.15) is 0 Å². The van der Waals surface area contributed by atoms with E-state index in [1.165, 1.54) is 0 Å². The Morgan fingerprint density at radius 2 is 1.94 bits per heavy atom. The van der Waals surface area contributed by atoms with Gasteiger partial charge < -0.3 is 9.47 Å². The molecule has 2 aromatic rings. The zero-order valence-corrected chi connectivity index (χ0v) is 10.1. The van der Waals surface area contributed by atoms with Gasteiger partial charge in [0, 0.05) is 12.0 Å². The molecule has 1 heterocycles. The van der Waals surface area contributed by atoms with Crippen molar-refractivity contribution in [1.82, 2.24) is 0 Å². The van der Waals surface area contributed by atoms with Crippen LogP contribution in [0.15, 0.2) is 42.5 Å². The minimum Gasteiger partial charge on any atom is -0.493 e. The van der Waals surface area contributed by atoms with Crippen LogP contribution in [-0.4, -0.2) is 14.5 Å². The Kier molecular flexibility index (Phi) is 2.97. The van der Waals surface area contributed by atoms with E-state index in [4.69, 9.17) is 17.3 Å². The summed E-state index contributed by atoms with van der Waals surface area (Å²) in [4.78, 5) is 0. The average Bonchev–Trinajstić information content (AvgIpc) is 2.87. The van der Waals surface area contributed by atoms with Crippen molar-refractivity contribution < 1.29 is 9.47 Å². The van der Waals surface area contributed by atoms with Gasteiger partial charge in [-0.3, -0.25) is 0 Å². The normalized spacial score (nSPS) is 12.9. The van der Waals surface area contributed by atoms with Crippen LogP contribution in [0.3, 0.4) is 0 Å². The van der Waals surface area contributed by atoms with Crippen LogP contribution >= 0.6 is 0 Å². The highest BCUT2D eigenvalue weighted by Crippen LogP contribution is 2.31. The van der Waals surface area contributed by atoms with Crippen molar-refractivity contribution in [2.75, 3.05) is 6.61 Å². The van der Waals surface area contributed by atoms with Crippen LogP contribution in [0, 0.1) is 0 Å². The highest BCUT2D eigenvalue weighted by molar-refractivity contribution is 6.34. The van der Waals surface area contributed by atoms with Gasteiger partial charge in [-0.05, 0) is 11.6 Å². The maximum Gasteiger partial charge on any atom is 0.126 e. The molecule has 0 atom stereocenters. The molecule has 1 aliphatic heterocycles. The maximum absolute atomic E-state index is 5.98. The molecule has 18 heavy (non-hydrogen) atoms. The lowest BCUT2D eigenvalue weighted by atomic mass is 9.92. The molecule has 88 valence electrons. The van der Waals surface area contributed by atoms with Crippen LogP contribution in [0.1, 0.15) is 11.1 Å². The van der Waals surface area contributed by atoms with Gasteiger partial charge in [-0.15, -0.1) is 0 Å². The van der Waals surface area contributed by atoms with Gasteiger partial charge in [-0.25, -0.2) is 0 Å². The number of rotatable bonds is 3. The molecular formula is C15H13BO2. The van der Waals surface area contributed by atoms with Crippen molar-refractivity contribution in [1.29, 1.82) is 0 Å². The van der Waals surface area contributed by atoms with Gasteiger partial charge in [0.1, 0.15) is 26.0 Å². The topological polar surface area (TPSA) is 18.5 Å². The van der Waals surface area contributed by atoms with Crippen LogP contribution in [0.25, 0.3) is 0 Å². The third-order valence-electron chi connectivity index (χ3n) is 3.08. The molecule has 0 bridgehead atoms. The molecular weight excluding hydrogens is 223 g/mol. The lowest BCUT2D eigenvalue weighted by Crippen LogP contribution is -2.11. The average molecular weight is 236 g/mol. The highest BCUT2D eigenvalue weighted by atomic mass is 16.5. The van der Waals surface area contributed by atoms with Crippen LogP contribution in [0.5, 0.6) is 11.5 Å². The van der Waals surface area contributed by atoms with Gasteiger partial charge in [0.25, 0.3) is 0 Å². The van der Waals surface area contributed by atoms with E-state index in [2.05, 4.69) is 0 Å². The molecule has 0 spiro atoms. The molecule has 0 amide bonds. The van der Waals surface area contributed by atoms with Crippen LogP contribution in [0.4, 0.5) is 0 Å². The van der Waals surface area contributed by atoms with Crippen molar-refractivity contribution in [2.45, 2.75) is 13.0 Å². The second-order valence-corrected chi connectivity index (χ2v) is 4.33. The smallest absolute Gasteiger partial charge is 0.126 e. The molecule has 0 fully saturated rings. The Hall–Kier alpha value is -1.90. The van der Waals surface area contributed by atoms with E-state index < -0.39 is 0 Å². The fourth-order valence-electron chi connectivity index (χ4n) is 2.16. The predicted octanol–water partition coefficient (Wildman–Crippen LogP) is 1.99. The summed E-state index contributed by atoms with van der Waals surface area (Å²) in [6, 6.07) is 13.8. The maximum atomic E-state index is 5.98. The first-order valence-electron chi connectivity index (χ1n) is 6.05. The highest BCUT2D eigenvalue weighted by Gasteiger charge is 2.18. The lowest BCUT2D eigenvalue weighted by Gasteiger charge is -2.13. The molecule has 1 aliphatic rings. The Morgan fingerprint density at radius 1 is 1.11 bits per heavy atom. The fraction of sp³-hybridized carbons (Fsp3) is 0.200. The minimum atomic E-state index is 0.529. The first-order chi connectivity index (χ1) is 8.84. The zero-order chi connectivity index (χ0) is 12.4. The first kappa shape index (κ1) is 11.2. The molecule has 0 saturated carbocycles. The molecule has 0 aliphatic carbocycles. The summed E-state index contributed by atoms with van der Waals surface area (Å²) in [5.41, 5.74) is 2.90. The minimum absolute atomic E-state index is 0.529. The second kappa shape index (κ2) is 4.77. The van der Waals surface area contributed by atoms with E-state index in [0.29, 0.717) is 18.7 Å². The fourth-order valence-corrected chi connectivity index (χ4v) is 2.16. The van der Waals surface area contributed by atoms with Crippen molar-refractivity contribution in [3.8, 4) is 11.5 Å². The number of hydrogen-bond donors (Lipinski definition) is 0. The van der Waals surface area contributed by atoms with Crippen molar-refractivity contribution in [3.05, 3.63) is 53.6 Å². The first-order valence-corrected chi connectivity index (χ1v) is 6.05. The summed E-state index contributed by atoms with van der Waals surface area (Å²) in [6.45, 7) is 1.24. The predicted molar refractivity (Wildman–Crippen MR) is 71.8 cm³/mol. The summed E-state index contributed by atoms with van der Waals surface area (Å²) in [5, 5.41) is 0. The quantitative estimate of drug-likeness (QED) is 0.759. The largest absolute Gasteiger partial charge is 0.493 e. The zero-order valence-electron chi connectivity index (χ0n) is 10.1. The molecule has 2 aromatic carbocycles. The standard InChI is InChI=1S/C15H13BO2/c16-13-6-7-14-12(8-9-17-14)15(13)18-10-11-4-2-1-3-5-11/h1-7H,8-10H2. The van der Waals surface area contributed by atoms with E-state index >= 15 is 0 Å². The van der Waals surface area contributed by atoms with E-state index in [1.807, 2.05) is 42.5 Å². The van der Waals surface area contributed by atoms with Crippen LogP contribution < -0.4 is 14.9 Å². The van der Waals surface area contributed by atoms with E-state index in [9.17, 15) is 0 Å². The van der Waals surface area contributed by atoms with E-state index in [0.717, 1.165) is 29.0 Å². The summed E-state index contributed by atoms with van der Waals surface area (Å²) in [6.07, 6.45) is 0.866. The summed E-state index contributed by atoms with van der Waals surface area (Å²) >= 11 is 0. The SMILES string of the molecule is [B]c1ccc2c(c1OCc1ccccc1)CCO2. The molecule has 0 unspecified atom stereocenters. The monoisotopic (exact) mass is 236 g/mol. The van der Waals surface area contributed by atoms with Gasteiger partial charge in [0.15, 0.2) is 0 Å². The summed E-state index contributed by atoms with van der Waals surface area (Å²) in [5.74, 6) is 1.67. The third-order valence-corrected chi connectivity index (χ3v) is 3.08. The summed E-state index contributed by atoms with van der Waals surface area (Å²) in [7, 11) is 5.98. The van der Waals surface area contributed by atoms with Crippen molar-refractivity contribution >= 4 is 13.3 Å². The number of ether oxygens (including phenoxy) is 2. The molecule has 2 nitrogen and oxygen atoms in total. The van der Waals surface area contributed by atoms with E-state index in [1.54, 1.807) is 0 Å². The van der Waals surface area contributed by atoms with Gasteiger partial charge in [-0.1, -0.05) is 41.9 Å². The molecule has 0 saturated heterocycles. The second-order valence-electron chi connectivity index (χ2n) is 4.33. The Labute approximate surface area is 108 Å². The molecule has 0 N–H and O–H groups in total. The lowest BCUT2D eigenvalue weighted by molar-refractivity contribution is 0.306. The molecule has 0 aromatic heterocycles. The van der Waals surface area contributed by atoms with E-state index in [-0.39, 0.29) is 0 Å². The Balaban J connectivity index is 1.83.